The van der Waals surface area contributed by atoms with Gasteiger partial charge in [0.25, 0.3) is 0 Å². The number of aromatic nitrogens is 2. The van der Waals surface area contributed by atoms with Crippen molar-refractivity contribution in [3.8, 4) is 22.6 Å². The van der Waals surface area contributed by atoms with Crippen LogP contribution in [0.5, 0.6) is 11.5 Å². The van der Waals surface area contributed by atoms with Gasteiger partial charge in [-0.25, -0.2) is 4.98 Å². The number of H-pyrrole nitrogens is 1. The number of ether oxygens (including phenoxy) is 3. The van der Waals surface area contributed by atoms with Crippen molar-refractivity contribution in [2.45, 2.75) is 0 Å². The number of hydrogen-bond acceptors (Lipinski definition) is 4. The first-order chi connectivity index (χ1) is 10.8. The Kier molecular flexibility index (Phi) is 4.25. The van der Waals surface area contributed by atoms with Gasteiger partial charge in [0.05, 0.1) is 25.6 Å². The summed E-state index contributed by atoms with van der Waals surface area (Å²) in [6, 6.07) is 11.9. The van der Waals surface area contributed by atoms with Gasteiger partial charge in [-0.1, -0.05) is 12.1 Å². The minimum atomic E-state index is 0.530. The average Bonchev–Trinajstić information content (AvgIpc) is 3.04. The third-order valence-electron chi connectivity index (χ3n) is 3.46. The molecule has 0 unspecified atom stereocenters. The van der Waals surface area contributed by atoms with Crippen molar-refractivity contribution in [2.24, 2.45) is 0 Å². The molecular weight excluding hydrogens is 280 g/mol. The minimum absolute atomic E-state index is 0.530. The summed E-state index contributed by atoms with van der Waals surface area (Å²) in [4.78, 5) is 7.51. The predicted octanol–water partition coefficient (Wildman–Crippen LogP) is 3.26. The lowest BCUT2D eigenvalue weighted by Gasteiger charge is -2.09. The molecular formula is C17H18N2O3. The van der Waals surface area contributed by atoms with E-state index in [1.807, 2.05) is 36.4 Å². The Labute approximate surface area is 128 Å². The molecule has 22 heavy (non-hydrogen) atoms. The molecule has 0 fully saturated rings. The van der Waals surface area contributed by atoms with Crippen LogP contribution in [0.2, 0.25) is 0 Å². The predicted molar refractivity (Wildman–Crippen MR) is 85.5 cm³/mol. The molecule has 0 atom stereocenters. The van der Waals surface area contributed by atoms with Crippen LogP contribution in [0.1, 0.15) is 0 Å². The molecule has 0 aliphatic heterocycles. The van der Waals surface area contributed by atoms with Crippen molar-refractivity contribution in [3.05, 3.63) is 42.7 Å². The number of imidazole rings is 1. The molecule has 3 aromatic rings. The number of fused-ring (bicyclic) bond motifs is 1. The lowest BCUT2D eigenvalue weighted by Crippen LogP contribution is -2.04. The maximum Gasteiger partial charge on any atom is 0.146 e. The third kappa shape index (κ3) is 2.76. The topological polar surface area (TPSA) is 56.4 Å². The van der Waals surface area contributed by atoms with E-state index in [2.05, 4.69) is 9.97 Å². The highest BCUT2D eigenvalue weighted by atomic mass is 16.5. The highest BCUT2D eigenvalue weighted by Gasteiger charge is 2.11. The molecule has 1 N–H and O–H groups in total. The maximum absolute atomic E-state index is 5.67. The standard InChI is InChI=1S/C17H18N2O3/c1-20-8-9-22-13-5-3-4-12(10-13)14-6-7-15(21-2)17-16(14)18-11-19-17/h3-7,10-11H,8-9H2,1-2H3,(H,18,19). The molecule has 0 bridgehead atoms. The van der Waals surface area contributed by atoms with E-state index in [0.717, 1.165) is 33.7 Å². The Hall–Kier alpha value is -2.53. The van der Waals surface area contributed by atoms with Crippen molar-refractivity contribution in [3.63, 3.8) is 0 Å². The third-order valence-corrected chi connectivity index (χ3v) is 3.46. The van der Waals surface area contributed by atoms with Crippen LogP contribution < -0.4 is 9.47 Å². The van der Waals surface area contributed by atoms with Gasteiger partial charge in [-0.2, -0.15) is 0 Å². The Balaban J connectivity index is 1.97. The molecule has 5 nitrogen and oxygen atoms in total. The molecule has 1 aromatic heterocycles. The number of nitrogens with zero attached hydrogens (tertiary/aromatic N) is 1. The van der Waals surface area contributed by atoms with Gasteiger partial charge in [0.2, 0.25) is 0 Å². The lowest BCUT2D eigenvalue weighted by molar-refractivity contribution is 0.146. The second kappa shape index (κ2) is 6.49. The molecule has 0 saturated carbocycles. The van der Waals surface area contributed by atoms with E-state index < -0.39 is 0 Å². The SMILES string of the molecule is COCCOc1cccc(-c2ccc(OC)c3nc[nH]c23)c1. The van der Waals surface area contributed by atoms with Gasteiger partial charge in [0.15, 0.2) is 0 Å². The molecule has 0 aliphatic rings. The quantitative estimate of drug-likeness (QED) is 0.710. The van der Waals surface area contributed by atoms with Crippen molar-refractivity contribution >= 4 is 11.0 Å². The molecule has 114 valence electrons. The normalized spacial score (nSPS) is 10.8. The first kappa shape index (κ1) is 14.4. The largest absolute Gasteiger partial charge is 0.494 e. The Bertz CT molecular complexity index is 767. The van der Waals surface area contributed by atoms with Gasteiger partial charge >= 0.3 is 0 Å². The fraction of sp³-hybridized carbons (Fsp3) is 0.235. The van der Waals surface area contributed by atoms with Crippen LogP contribution in [0, 0.1) is 0 Å². The van der Waals surface area contributed by atoms with E-state index in [0.29, 0.717) is 13.2 Å². The zero-order chi connectivity index (χ0) is 15.4. The first-order valence-electron chi connectivity index (χ1n) is 7.05. The minimum Gasteiger partial charge on any atom is -0.494 e. The molecule has 0 radical (unpaired) electrons. The smallest absolute Gasteiger partial charge is 0.146 e. The summed E-state index contributed by atoms with van der Waals surface area (Å²) >= 11 is 0. The van der Waals surface area contributed by atoms with Crippen molar-refractivity contribution < 1.29 is 14.2 Å². The van der Waals surface area contributed by atoms with E-state index in [4.69, 9.17) is 14.2 Å². The molecule has 1 heterocycles. The summed E-state index contributed by atoms with van der Waals surface area (Å²) in [6.45, 7) is 1.10. The van der Waals surface area contributed by atoms with Crippen LogP contribution in [0.4, 0.5) is 0 Å². The van der Waals surface area contributed by atoms with E-state index in [1.165, 1.54) is 0 Å². The number of hydrogen-bond donors (Lipinski definition) is 1. The Morgan fingerprint density at radius 3 is 2.82 bits per heavy atom. The highest BCUT2D eigenvalue weighted by molar-refractivity contribution is 5.95. The first-order valence-corrected chi connectivity index (χ1v) is 7.05. The number of methoxy groups -OCH3 is 2. The highest BCUT2D eigenvalue weighted by Crippen LogP contribution is 2.33. The van der Waals surface area contributed by atoms with Gasteiger partial charge in [-0.05, 0) is 29.8 Å². The van der Waals surface area contributed by atoms with E-state index >= 15 is 0 Å². The second-order valence-electron chi connectivity index (χ2n) is 4.81. The zero-order valence-corrected chi connectivity index (χ0v) is 12.6. The summed E-state index contributed by atoms with van der Waals surface area (Å²) < 4.78 is 16.0. The molecule has 0 aliphatic carbocycles. The van der Waals surface area contributed by atoms with Gasteiger partial charge in [-0.15, -0.1) is 0 Å². The van der Waals surface area contributed by atoms with Crippen LogP contribution in [-0.2, 0) is 4.74 Å². The molecule has 0 spiro atoms. The van der Waals surface area contributed by atoms with Gasteiger partial charge in [0.1, 0.15) is 23.6 Å². The van der Waals surface area contributed by atoms with Gasteiger partial charge in [-0.3, -0.25) is 0 Å². The summed E-state index contributed by atoms with van der Waals surface area (Å²) in [7, 11) is 3.31. The van der Waals surface area contributed by atoms with Crippen molar-refractivity contribution in [1.29, 1.82) is 0 Å². The molecule has 3 rings (SSSR count). The van der Waals surface area contributed by atoms with Crippen LogP contribution in [0.3, 0.4) is 0 Å². The number of rotatable bonds is 6. The number of aromatic amines is 1. The van der Waals surface area contributed by atoms with E-state index in [1.54, 1.807) is 20.5 Å². The second-order valence-corrected chi connectivity index (χ2v) is 4.81. The monoisotopic (exact) mass is 298 g/mol. The summed E-state index contributed by atoms with van der Waals surface area (Å²) in [5.74, 6) is 1.57. The fourth-order valence-electron chi connectivity index (χ4n) is 2.41. The van der Waals surface area contributed by atoms with Crippen molar-refractivity contribution in [1.82, 2.24) is 9.97 Å². The van der Waals surface area contributed by atoms with Crippen LogP contribution in [-0.4, -0.2) is 37.4 Å². The summed E-state index contributed by atoms with van der Waals surface area (Å²) in [5.41, 5.74) is 3.90. The fourth-order valence-corrected chi connectivity index (χ4v) is 2.41. The van der Waals surface area contributed by atoms with Crippen molar-refractivity contribution in [2.75, 3.05) is 27.4 Å². The summed E-state index contributed by atoms with van der Waals surface area (Å²) in [5, 5.41) is 0. The van der Waals surface area contributed by atoms with Gasteiger partial charge in [0, 0.05) is 12.7 Å². The number of benzene rings is 2. The molecule has 5 heteroatoms. The Morgan fingerprint density at radius 1 is 1.09 bits per heavy atom. The molecule has 2 aromatic carbocycles. The maximum atomic E-state index is 5.67. The van der Waals surface area contributed by atoms with Crippen LogP contribution in [0.25, 0.3) is 22.2 Å². The van der Waals surface area contributed by atoms with E-state index in [-0.39, 0.29) is 0 Å². The van der Waals surface area contributed by atoms with E-state index in [9.17, 15) is 0 Å². The van der Waals surface area contributed by atoms with Gasteiger partial charge < -0.3 is 19.2 Å². The lowest BCUT2D eigenvalue weighted by atomic mass is 10.0. The number of nitrogens with one attached hydrogen (secondary N) is 1. The average molecular weight is 298 g/mol. The van der Waals surface area contributed by atoms with Crippen LogP contribution >= 0.6 is 0 Å². The Morgan fingerprint density at radius 2 is 2.00 bits per heavy atom. The van der Waals surface area contributed by atoms with Crippen LogP contribution in [0.15, 0.2) is 42.7 Å². The molecule has 0 saturated heterocycles. The summed E-state index contributed by atoms with van der Waals surface area (Å²) in [6.07, 6.45) is 1.68. The zero-order valence-electron chi connectivity index (χ0n) is 12.6. The molecule has 0 amide bonds.